The molecular weight excluding hydrogens is 222 g/mol. The van der Waals surface area contributed by atoms with E-state index in [0.29, 0.717) is 0 Å². The Balaban J connectivity index is 2.34. The molecule has 1 N–H and O–H groups in total. The van der Waals surface area contributed by atoms with Crippen LogP contribution in [0.3, 0.4) is 0 Å². The van der Waals surface area contributed by atoms with Gasteiger partial charge >= 0.3 is 0 Å². The molecule has 2 rings (SSSR count). The van der Waals surface area contributed by atoms with Crippen molar-refractivity contribution < 1.29 is 8.78 Å². The molecule has 1 aliphatic heterocycles. The second-order valence-electron chi connectivity index (χ2n) is 3.15. The molecule has 1 aliphatic rings. The molecule has 0 fully saturated rings. The van der Waals surface area contributed by atoms with E-state index in [1.54, 1.807) is 12.3 Å². The van der Waals surface area contributed by atoms with Crippen molar-refractivity contribution in [2.75, 3.05) is 11.6 Å². The Kier molecular flexibility index (Phi) is 2.88. The van der Waals surface area contributed by atoms with E-state index < -0.39 is 11.6 Å². The lowest BCUT2D eigenvalue weighted by molar-refractivity contribution is 0.569. The zero-order chi connectivity index (χ0) is 10.8. The van der Waals surface area contributed by atoms with Gasteiger partial charge in [-0.15, -0.1) is 11.6 Å². The Morgan fingerprint density at radius 3 is 2.53 bits per heavy atom. The number of nitrogens with zero attached hydrogens (tertiary/aromatic N) is 1. The number of alkyl halides is 1. The first kappa shape index (κ1) is 10.4. The van der Waals surface area contributed by atoms with Gasteiger partial charge in [0.2, 0.25) is 0 Å². The first-order chi connectivity index (χ1) is 7.18. The van der Waals surface area contributed by atoms with Crippen molar-refractivity contribution >= 4 is 17.3 Å². The Bertz CT molecular complexity index is 375. The van der Waals surface area contributed by atoms with Crippen molar-refractivity contribution in [1.29, 1.82) is 0 Å². The summed E-state index contributed by atoms with van der Waals surface area (Å²) < 4.78 is 26.7. The minimum atomic E-state index is -0.588. The lowest BCUT2D eigenvalue weighted by Gasteiger charge is -2.27. The van der Waals surface area contributed by atoms with Gasteiger partial charge in [0.25, 0.3) is 0 Å². The third-order valence-electron chi connectivity index (χ3n) is 2.12. The second kappa shape index (κ2) is 4.16. The van der Waals surface area contributed by atoms with Crippen LogP contribution in [0, 0.1) is 11.6 Å². The number of hydrogen-bond acceptors (Lipinski definition) is 2. The first-order valence-electron chi connectivity index (χ1n) is 4.45. The van der Waals surface area contributed by atoms with Crippen molar-refractivity contribution in [3.63, 3.8) is 0 Å². The van der Waals surface area contributed by atoms with Crippen LogP contribution in [-0.4, -0.2) is 12.2 Å². The van der Waals surface area contributed by atoms with Gasteiger partial charge in [-0.1, -0.05) is 6.07 Å². The summed E-state index contributed by atoms with van der Waals surface area (Å²) in [5.74, 6) is -1.18. The first-order valence-corrected chi connectivity index (χ1v) is 4.88. The fourth-order valence-corrected chi connectivity index (χ4v) is 1.54. The number of rotatable bonds is 1. The molecule has 1 aromatic rings. The number of anilines is 1. The average molecular weight is 231 g/mol. The van der Waals surface area contributed by atoms with Gasteiger partial charge in [-0.05, 0) is 18.2 Å². The van der Waals surface area contributed by atoms with Crippen molar-refractivity contribution in [2.24, 2.45) is 0 Å². The third-order valence-corrected chi connectivity index (χ3v) is 2.42. The normalized spacial score (nSPS) is 20.7. The zero-order valence-electron chi connectivity index (χ0n) is 7.75. The van der Waals surface area contributed by atoms with Crippen molar-refractivity contribution in [3.05, 3.63) is 42.1 Å². The maximum absolute atomic E-state index is 13.4. The van der Waals surface area contributed by atoms with E-state index in [2.05, 4.69) is 5.32 Å². The summed E-state index contributed by atoms with van der Waals surface area (Å²) in [6.45, 7) is 0.280. The number of nitrogens with one attached hydrogen (secondary N) is 1. The van der Waals surface area contributed by atoms with Gasteiger partial charge in [0.05, 0.1) is 6.67 Å². The van der Waals surface area contributed by atoms with Gasteiger partial charge in [0.1, 0.15) is 22.8 Å². The lowest BCUT2D eigenvalue weighted by atomic mass is 10.2. The molecule has 0 saturated carbocycles. The molecule has 2 nitrogen and oxygen atoms in total. The topological polar surface area (TPSA) is 15.3 Å². The minimum Gasteiger partial charge on any atom is -0.330 e. The Labute approximate surface area is 91.1 Å². The van der Waals surface area contributed by atoms with Gasteiger partial charge in [-0.25, -0.2) is 8.78 Å². The second-order valence-corrected chi connectivity index (χ2v) is 3.62. The highest BCUT2D eigenvalue weighted by molar-refractivity contribution is 6.21. The van der Waals surface area contributed by atoms with Crippen LogP contribution < -0.4 is 10.2 Å². The van der Waals surface area contributed by atoms with Gasteiger partial charge in [-0.2, -0.15) is 0 Å². The standard InChI is InChI=1S/C10H9ClF2N2/c11-9-4-5-15(6-14-9)10-7(12)2-1-3-8(10)13/h1-5,9,14H,6H2. The largest absolute Gasteiger partial charge is 0.330 e. The van der Waals surface area contributed by atoms with Crippen molar-refractivity contribution in [1.82, 2.24) is 5.32 Å². The quantitative estimate of drug-likeness (QED) is 0.589. The van der Waals surface area contributed by atoms with E-state index in [0.717, 1.165) is 0 Å². The summed E-state index contributed by atoms with van der Waals surface area (Å²) in [6, 6.07) is 3.78. The van der Waals surface area contributed by atoms with E-state index in [4.69, 9.17) is 11.6 Å². The molecule has 1 heterocycles. The predicted octanol–water partition coefficient (Wildman–Crippen LogP) is 2.41. The van der Waals surface area contributed by atoms with E-state index in [-0.39, 0.29) is 17.9 Å². The Morgan fingerprint density at radius 1 is 1.33 bits per heavy atom. The van der Waals surface area contributed by atoms with Gasteiger partial charge in [0.15, 0.2) is 0 Å². The van der Waals surface area contributed by atoms with E-state index >= 15 is 0 Å². The maximum Gasteiger partial charge on any atom is 0.149 e. The molecule has 0 radical (unpaired) electrons. The number of halogens is 3. The fourth-order valence-electron chi connectivity index (χ4n) is 1.40. The summed E-state index contributed by atoms with van der Waals surface area (Å²) in [5.41, 5.74) is -0.360. The third kappa shape index (κ3) is 2.11. The van der Waals surface area contributed by atoms with Crippen LogP contribution in [0.2, 0.25) is 0 Å². The maximum atomic E-state index is 13.4. The van der Waals surface area contributed by atoms with Crippen LogP contribution in [0.4, 0.5) is 14.5 Å². The molecular formula is C10H9ClF2N2. The molecule has 0 bridgehead atoms. The minimum absolute atomic E-state index is 0.0650. The highest BCUT2D eigenvalue weighted by Gasteiger charge is 2.17. The van der Waals surface area contributed by atoms with Gasteiger partial charge < -0.3 is 4.90 Å². The van der Waals surface area contributed by atoms with E-state index in [9.17, 15) is 8.78 Å². The molecule has 0 saturated heterocycles. The average Bonchev–Trinajstić information content (AvgIpc) is 2.20. The summed E-state index contributed by atoms with van der Waals surface area (Å²) in [7, 11) is 0. The SMILES string of the molecule is Fc1cccc(F)c1N1C=CC(Cl)NC1. The predicted molar refractivity (Wildman–Crippen MR) is 55.6 cm³/mol. The highest BCUT2D eigenvalue weighted by Crippen LogP contribution is 2.24. The molecule has 1 aromatic carbocycles. The lowest BCUT2D eigenvalue weighted by Crippen LogP contribution is -2.39. The molecule has 1 atom stereocenters. The number of benzene rings is 1. The summed E-state index contributed by atoms with van der Waals surface area (Å²) in [4.78, 5) is 1.43. The Morgan fingerprint density at radius 2 is 2.00 bits per heavy atom. The molecule has 0 spiro atoms. The van der Waals surface area contributed by atoms with Crippen LogP contribution in [0.25, 0.3) is 0 Å². The van der Waals surface area contributed by atoms with Gasteiger partial charge in [0, 0.05) is 6.20 Å². The molecule has 5 heteroatoms. The highest BCUT2D eigenvalue weighted by atomic mass is 35.5. The van der Waals surface area contributed by atoms with Crippen LogP contribution in [0.5, 0.6) is 0 Å². The summed E-state index contributed by atoms with van der Waals surface area (Å²) in [6.07, 6.45) is 3.19. The summed E-state index contributed by atoms with van der Waals surface area (Å²) in [5, 5.41) is 2.86. The molecule has 0 amide bonds. The molecule has 0 aliphatic carbocycles. The number of para-hydroxylation sites is 1. The molecule has 80 valence electrons. The molecule has 1 unspecified atom stereocenters. The van der Waals surface area contributed by atoms with Crippen LogP contribution in [0.15, 0.2) is 30.5 Å². The van der Waals surface area contributed by atoms with Crippen molar-refractivity contribution in [2.45, 2.75) is 5.50 Å². The van der Waals surface area contributed by atoms with Crippen LogP contribution in [0.1, 0.15) is 0 Å². The van der Waals surface area contributed by atoms with Gasteiger partial charge in [-0.3, -0.25) is 5.32 Å². The molecule has 15 heavy (non-hydrogen) atoms. The van der Waals surface area contributed by atoms with Crippen molar-refractivity contribution in [3.8, 4) is 0 Å². The monoisotopic (exact) mass is 230 g/mol. The fraction of sp³-hybridized carbons (Fsp3) is 0.200. The number of hydrogen-bond donors (Lipinski definition) is 1. The van der Waals surface area contributed by atoms with Crippen LogP contribution in [-0.2, 0) is 0 Å². The molecule has 0 aromatic heterocycles. The van der Waals surface area contributed by atoms with E-state index in [1.807, 2.05) is 0 Å². The smallest absolute Gasteiger partial charge is 0.149 e. The van der Waals surface area contributed by atoms with Crippen LogP contribution >= 0.6 is 11.6 Å². The summed E-state index contributed by atoms with van der Waals surface area (Å²) >= 11 is 5.74. The van der Waals surface area contributed by atoms with E-state index in [1.165, 1.54) is 23.1 Å². The zero-order valence-corrected chi connectivity index (χ0v) is 8.51. The Hall–Kier alpha value is -1.13.